The number of aromatic nitrogens is 3. The first-order chi connectivity index (χ1) is 8.83. The summed E-state index contributed by atoms with van der Waals surface area (Å²) in [5.41, 5.74) is 0. The van der Waals surface area contributed by atoms with E-state index in [1.165, 1.54) is 6.33 Å². The largest absolute Gasteiger partial charge is 0.353 e. The van der Waals surface area contributed by atoms with Crippen LogP contribution in [0.1, 0.15) is 0 Å². The number of hydrogen-bond acceptors (Lipinski definition) is 6. The highest BCUT2D eigenvalue weighted by atomic mass is 35.5. The summed E-state index contributed by atoms with van der Waals surface area (Å²) in [6.07, 6.45) is 3.35. The van der Waals surface area contributed by atoms with E-state index in [4.69, 9.17) is 11.6 Å². The van der Waals surface area contributed by atoms with Crippen molar-refractivity contribution in [2.24, 2.45) is 0 Å². The molecule has 0 unspecified atom stereocenters. The molecule has 1 aliphatic rings. The Balaban J connectivity index is 1.67. The molecular weight excluding hydrogens is 270 g/mol. The zero-order valence-electron chi connectivity index (χ0n) is 9.66. The molecule has 18 heavy (non-hydrogen) atoms. The van der Waals surface area contributed by atoms with Crippen molar-refractivity contribution in [1.82, 2.24) is 15.0 Å². The molecule has 0 spiro atoms. The van der Waals surface area contributed by atoms with Crippen molar-refractivity contribution >= 4 is 33.9 Å². The van der Waals surface area contributed by atoms with Crippen LogP contribution in [0.5, 0.6) is 0 Å². The summed E-state index contributed by atoms with van der Waals surface area (Å²) in [7, 11) is 0. The fourth-order valence-electron chi connectivity index (χ4n) is 2.00. The molecular formula is C11H12ClN5S. The van der Waals surface area contributed by atoms with Crippen LogP contribution in [0.3, 0.4) is 0 Å². The minimum absolute atomic E-state index is 0.488. The zero-order valence-corrected chi connectivity index (χ0v) is 11.2. The van der Waals surface area contributed by atoms with Gasteiger partial charge in [-0.05, 0) is 0 Å². The molecule has 2 aromatic heterocycles. The van der Waals surface area contributed by atoms with Gasteiger partial charge in [-0.1, -0.05) is 11.6 Å². The summed E-state index contributed by atoms with van der Waals surface area (Å²) in [6.45, 7) is 3.75. The van der Waals surface area contributed by atoms with Crippen LogP contribution in [0.15, 0.2) is 24.0 Å². The van der Waals surface area contributed by atoms with Gasteiger partial charge in [0.15, 0.2) is 5.13 Å². The Morgan fingerprint density at radius 2 is 1.83 bits per heavy atom. The van der Waals surface area contributed by atoms with Gasteiger partial charge < -0.3 is 9.80 Å². The first-order valence-corrected chi connectivity index (χ1v) is 6.95. The van der Waals surface area contributed by atoms with Crippen LogP contribution in [0.25, 0.3) is 0 Å². The van der Waals surface area contributed by atoms with Gasteiger partial charge in [-0.3, -0.25) is 0 Å². The standard InChI is InChI=1S/C11H12ClN5S/c12-9-7-10(15-8-14-9)16-2-4-17(5-3-16)11-13-1-6-18-11/h1,6-8H,2-5H2. The van der Waals surface area contributed by atoms with Crippen molar-refractivity contribution in [3.63, 3.8) is 0 Å². The Kier molecular flexibility index (Phi) is 3.29. The third-order valence-corrected chi connectivity index (χ3v) is 3.95. The molecule has 0 atom stereocenters. The molecule has 1 aliphatic heterocycles. The summed E-state index contributed by atoms with van der Waals surface area (Å²) in [5, 5.41) is 3.59. The fraction of sp³-hybridized carbons (Fsp3) is 0.364. The van der Waals surface area contributed by atoms with Crippen LogP contribution in [0, 0.1) is 0 Å². The lowest BCUT2D eigenvalue weighted by atomic mass is 10.3. The maximum absolute atomic E-state index is 5.88. The zero-order chi connectivity index (χ0) is 12.4. The maximum atomic E-state index is 5.88. The molecule has 0 bridgehead atoms. The minimum Gasteiger partial charge on any atom is -0.353 e. The number of thiazole rings is 1. The Morgan fingerprint density at radius 3 is 2.50 bits per heavy atom. The lowest BCUT2D eigenvalue weighted by Gasteiger charge is -2.35. The normalized spacial score (nSPS) is 16.1. The quantitative estimate of drug-likeness (QED) is 0.787. The van der Waals surface area contributed by atoms with E-state index < -0.39 is 0 Å². The van der Waals surface area contributed by atoms with Gasteiger partial charge in [-0.25, -0.2) is 15.0 Å². The van der Waals surface area contributed by atoms with Gasteiger partial charge in [0.1, 0.15) is 17.3 Å². The second kappa shape index (κ2) is 5.07. The minimum atomic E-state index is 0.488. The van der Waals surface area contributed by atoms with Crippen LogP contribution in [-0.2, 0) is 0 Å². The van der Waals surface area contributed by atoms with E-state index in [1.807, 2.05) is 11.6 Å². The van der Waals surface area contributed by atoms with E-state index >= 15 is 0 Å². The molecule has 0 amide bonds. The van der Waals surface area contributed by atoms with Crippen LogP contribution in [0.2, 0.25) is 5.15 Å². The molecule has 2 aromatic rings. The first-order valence-electron chi connectivity index (χ1n) is 5.70. The lowest BCUT2D eigenvalue weighted by Crippen LogP contribution is -2.46. The van der Waals surface area contributed by atoms with Crippen molar-refractivity contribution in [3.05, 3.63) is 29.1 Å². The fourth-order valence-corrected chi connectivity index (χ4v) is 2.83. The second-order valence-electron chi connectivity index (χ2n) is 3.99. The summed E-state index contributed by atoms with van der Waals surface area (Å²) in [4.78, 5) is 17.0. The van der Waals surface area contributed by atoms with Gasteiger partial charge in [0.2, 0.25) is 0 Å². The van der Waals surface area contributed by atoms with Crippen LogP contribution < -0.4 is 9.80 Å². The van der Waals surface area contributed by atoms with Crippen LogP contribution in [0.4, 0.5) is 10.9 Å². The second-order valence-corrected chi connectivity index (χ2v) is 5.25. The highest BCUT2D eigenvalue weighted by Crippen LogP contribution is 2.21. The molecule has 0 aliphatic carbocycles. The third kappa shape index (κ3) is 2.39. The van der Waals surface area contributed by atoms with Crippen molar-refractivity contribution < 1.29 is 0 Å². The number of piperazine rings is 1. The molecule has 0 radical (unpaired) electrons. The van der Waals surface area contributed by atoms with E-state index in [0.717, 1.165) is 37.1 Å². The highest BCUT2D eigenvalue weighted by Gasteiger charge is 2.19. The maximum Gasteiger partial charge on any atom is 0.185 e. The van der Waals surface area contributed by atoms with E-state index in [0.29, 0.717) is 5.15 Å². The summed E-state index contributed by atoms with van der Waals surface area (Å²) < 4.78 is 0. The molecule has 0 aromatic carbocycles. The van der Waals surface area contributed by atoms with Crippen molar-refractivity contribution in [2.45, 2.75) is 0 Å². The molecule has 3 rings (SSSR count). The van der Waals surface area contributed by atoms with E-state index in [1.54, 1.807) is 17.4 Å². The topological polar surface area (TPSA) is 45.2 Å². The number of hydrogen-bond donors (Lipinski definition) is 0. The Morgan fingerprint density at radius 1 is 1.06 bits per heavy atom. The SMILES string of the molecule is Clc1cc(N2CCN(c3nccs3)CC2)ncn1. The lowest BCUT2D eigenvalue weighted by molar-refractivity contribution is 0.645. The molecule has 0 N–H and O–H groups in total. The molecule has 7 heteroatoms. The predicted molar refractivity (Wildman–Crippen MR) is 73.6 cm³/mol. The van der Waals surface area contributed by atoms with Gasteiger partial charge in [0.05, 0.1) is 0 Å². The van der Waals surface area contributed by atoms with Crippen molar-refractivity contribution in [1.29, 1.82) is 0 Å². The summed E-state index contributed by atoms with van der Waals surface area (Å²) >= 11 is 7.56. The number of nitrogens with zero attached hydrogens (tertiary/aromatic N) is 5. The molecule has 1 fully saturated rings. The molecule has 1 saturated heterocycles. The number of halogens is 1. The van der Waals surface area contributed by atoms with Crippen molar-refractivity contribution in [3.8, 4) is 0 Å². The average Bonchev–Trinajstić information content (AvgIpc) is 2.93. The Hall–Kier alpha value is -1.40. The predicted octanol–water partition coefficient (Wildman–Crippen LogP) is 1.91. The monoisotopic (exact) mass is 281 g/mol. The van der Waals surface area contributed by atoms with Crippen molar-refractivity contribution in [2.75, 3.05) is 36.0 Å². The number of anilines is 2. The van der Waals surface area contributed by atoms with Gasteiger partial charge in [-0.2, -0.15) is 0 Å². The molecule has 5 nitrogen and oxygen atoms in total. The average molecular weight is 282 g/mol. The van der Waals surface area contributed by atoms with Crippen LogP contribution in [-0.4, -0.2) is 41.1 Å². The Labute approximate surface area is 114 Å². The smallest absolute Gasteiger partial charge is 0.185 e. The third-order valence-electron chi connectivity index (χ3n) is 2.91. The van der Waals surface area contributed by atoms with E-state index in [2.05, 4.69) is 24.8 Å². The van der Waals surface area contributed by atoms with E-state index in [9.17, 15) is 0 Å². The van der Waals surface area contributed by atoms with E-state index in [-0.39, 0.29) is 0 Å². The first kappa shape index (κ1) is 11.7. The molecule has 94 valence electrons. The number of rotatable bonds is 2. The van der Waals surface area contributed by atoms with Gasteiger partial charge in [-0.15, -0.1) is 11.3 Å². The van der Waals surface area contributed by atoms with Gasteiger partial charge in [0, 0.05) is 43.8 Å². The van der Waals surface area contributed by atoms with Crippen LogP contribution >= 0.6 is 22.9 Å². The molecule has 3 heterocycles. The highest BCUT2D eigenvalue weighted by molar-refractivity contribution is 7.13. The summed E-state index contributed by atoms with van der Waals surface area (Å²) in [6, 6.07) is 1.81. The Bertz CT molecular complexity index is 510. The van der Waals surface area contributed by atoms with Gasteiger partial charge in [0.25, 0.3) is 0 Å². The molecule has 0 saturated carbocycles. The summed E-state index contributed by atoms with van der Waals surface area (Å²) in [5.74, 6) is 0.897. The van der Waals surface area contributed by atoms with Gasteiger partial charge >= 0.3 is 0 Å².